The molecule has 1 heterocycles. The summed E-state index contributed by atoms with van der Waals surface area (Å²) in [6.07, 6.45) is -4.26. The number of nitrogens with one attached hydrogen (secondary N) is 1. The van der Waals surface area contributed by atoms with Crippen LogP contribution < -0.4 is 5.32 Å². The van der Waals surface area contributed by atoms with Gasteiger partial charge >= 0.3 is 6.18 Å². The SMILES string of the molecule is CCSCC1CC(C)(C(=O)Nc2ccc(C#N)c(C(F)(F)F)c2)N=N1. The van der Waals surface area contributed by atoms with Crippen molar-refractivity contribution in [2.24, 2.45) is 10.2 Å². The van der Waals surface area contributed by atoms with Crippen LogP contribution in [-0.4, -0.2) is 29.0 Å². The smallest absolute Gasteiger partial charge is 0.324 e. The van der Waals surface area contributed by atoms with Crippen LogP contribution in [-0.2, 0) is 11.0 Å². The second kappa shape index (κ2) is 7.44. The van der Waals surface area contributed by atoms with Gasteiger partial charge in [0.15, 0.2) is 5.54 Å². The summed E-state index contributed by atoms with van der Waals surface area (Å²) < 4.78 is 39.0. The number of halogens is 3. The molecule has 134 valence electrons. The average Bonchev–Trinajstić information content (AvgIpc) is 2.95. The van der Waals surface area contributed by atoms with Crippen molar-refractivity contribution in [1.29, 1.82) is 5.26 Å². The van der Waals surface area contributed by atoms with E-state index >= 15 is 0 Å². The third kappa shape index (κ3) is 4.51. The van der Waals surface area contributed by atoms with Gasteiger partial charge in [-0.3, -0.25) is 4.79 Å². The molecule has 0 aliphatic carbocycles. The monoisotopic (exact) mass is 370 g/mol. The molecule has 1 aliphatic rings. The lowest BCUT2D eigenvalue weighted by molar-refractivity contribution is -0.137. The van der Waals surface area contributed by atoms with Crippen molar-refractivity contribution < 1.29 is 18.0 Å². The highest BCUT2D eigenvalue weighted by molar-refractivity contribution is 7.99. The Hall–Kier alpha value is -2.08. The predicted octanol–water partition coefficient (Wildman–Crippen LogP) is 4.25. The number of nitriles is 1. The first-order chi connectivity index (χ1) is 11.7. The summed E-state index contributed by atoms with van der Waals surface area (Å²) in [5, 5.41) is 19.4. The summed E-state index contributed by atoms with van der Waals surface area (Å²) >= 11 is 1.69. The summed E-state index contributed by atoms with van der Waals surface area (Å²) in [5.74, 6) is 1.16. The zero-order valence-electron chi connectivity index (χ0n) is 13.7. The number of thioether (sulfide) groups is 1. The van der Waals surface area contributed by atoms with Gasteiger partial charge < -0.3 is 5.32 Å². The van der Waals surface area contributed by atoms with Gasteiger partial charge in [-0.1, -0.05) is 6.92 Å². The van der Waals surface area contributed by atoms with Crippen LogP contribution in [0.25, 0.3) is 0 Å². The number of benzene rings is 1. The average molecular weight is 370 g/mol. The van der Waals surface area contributed by atoms with Crippen LogP contribution in [0.3, 0.4) is 0 Å². The number of azo groups is 1. The zero-order valence-corrected chi connectivity index (χ0v) is 14.5. The first-order valence-electron chi connectivity index (χ1n) is 7.62. The maximum absolute atomic E-state index is 13.0. The number of amides is 1. The van der Waals surface area contributed by atoms with E-state index in [1.807, 2.05) is 6.92 Å². The number of nitrogens with zero attached hydrogens (tertiary/aromatic N) is 3. The molecule has 0 saturated carbocycles. The number of hydrogen-bond acceptors (Lipinski definition) is 5. The second-order valence-electron chi connectivity index (χ2n) is 5.83. The van der Waals surface area contributed by atoms with E-state index < -0.39 is 28.7 Å². The molecule has 1 amide bonds. The van der Waals surface area contributed by atoms with E-state index in [2.05, 4.69) is 15.5 Å². The van der Waals surface area contributed by atoms with E-state index in [4.69, 9.17) is 5.26 Å². The van der Waals surface area contributed by atoms with Crippen LogP contribution in [0.4, 0.5) is 18.9 Å². The van der Waals surface area contributed by atoms with Gasteiger partial charge in [-0.15, -0.1) is 0 Å². The standard InChI is InChI=1S/C16H17F3N4OS/c1-3-25-9-12-7-15(2,23-22-12)14(24)21-11-5-4-10(8-20)13(6-11)16(17,18)19/h4-6,12H,3,7,9H2,1-2H3,(H,21,24). The van der Waals surface area contributed by atoms with Crippen LogP contribution in [0, 0.1) is 11.3 Å². The molecule has 0 saturated heterocycles. The van der Waals surface area contributed by atoms with Gasteiger partial charge in [0, 0.05) is 17.9 Å². The molecule has 1 aliphatic heterocycles. The highest BCUT2D eigenvalue weighted by Crippen LogP contribution is 2.34. The van der Waals surface area contributed by atoms with Crippen molar-refractivity contribution >= 4 is 23.4 Å². The first-order valence-corrected chi connectivity index (χ1v) is 8.77. The Balaban J connectivity index is 2.14. The molecule has 5 nitrogen and oxygen atoms in total. The Morgan fingerprint density at radius 2 is 2.24 bits per heavy atom. The van der Waals surface area contributed by atoms with Gasteiger partial charge in [0.2, 0.25) is 0 Å². The summed E-state index contributed by atoms with van der Waals surface area (Å²) in [6, 6.07) is 4.49. The lowest BCUT2D eigenvalue weighted by Crippen LogP contribution is -2.38. The van der Waals surface area contributed by atoms with E-state index in [1.54, 1.807) is 18.7 Å². The number of carbonyl (C=O) groups excluding carboxylic acids is 1. The molecule has 9 heteroatoms. The van der Waals surface area contributed by atoms with Gasteiger partial charge in [-0.25, -0.2) is 0 Å². The van der Waals surface area contributed by atoms with E-state index in [-0.39, 0.29) is 11.7 Å². The number of carbonyl (C=O) groups is 1. The van der Waals surface area contributed by atoms with Crippen LogP contribution in [0.15, 0.2) is 28.4 Å². The molecule has 0 aromatic heterocycles. The molecule has 25 heavy (non-hydrogen) atoms. The molecular weight excluding hydrogens is 353 g/mol. The van der Waals surface area contributed by atoms with Crippen molar-refractivity contribution in [3.05, 3.63) is 29.3 Å². The molecule has 0 fully saturated rings. The van der Waals surface area contributed by atoms with Crippen LogP contribution >= 0.6 is 11.8 Å². The quantitative estimate of drug-likeness (QED) is 0.841. The largest absolute Gasteiger partial charge is 0.417 e. The fourth-order valence-electron chi connectivity index (χ4n) is 2.45. The van der Waals surface area contributed by atoms with Gasteiger partial charge in [0.25, 0.3) is 5.91 Å². The third-order valence-corrected chi connectivity index (χ3v) is 4.81. The third-order valence-electron chi connectivity index (χ3n) is 3.78. The van der Waals surface area contributed by atoms with E-state index in [1.165, 1.54) is 12.1 Å². The highest BCUT2D eigenvalue weighted by Gasteiger charge is 2.41. The molecule has 0 radical (unpaired) electrons. The Morgan fingerprint density at radius 3 is 2.84 bits per heavy atom. The maximum Gasteiger partial charge on any atom is 0.417 e. The maximum atomic E-state index is 13.0. The van der Waals surface area contributed by atoms with Crippen LogP contribution in [0.1, 0.15) is 31.4 Å². The molecule has 2 atom stereocenters. The van der Waals surface area contributed by atoms with Gasteiger partial charge in [0.05, 0.1) is 23.2 Å². The number of rotatable bonds is 5. The summed E-state index contributed by atoms with van der Waals surface area (Å²) in [7, 11) is 0. The fraction of sp³-hybridized carbons (Fsp3) is 0.500. The molecule has 2 rings (SSSR count). The van der Waals surface area contributed by atoms with E-state index in [0.717, 1.165) is 23.6 Å². The Kier molecular flexibility index (Phi) is 5.72. The predicted molar refractivity (Wildman–Crippen MR) is 89.5 cm³/mol. The van der Waals surface area contributed by atoms with Crippen molar-refractivity contribution in [2.45, 2.75) is 38.0 Å². The lowest BCUT2D eigenvalue weighted by atomic mass is 9.95. The van der Waals surface area contributed by atoms with Crippen molar-refractivity contribution in [2.75, 3.05) is 16.8 Å². The van der Waals surface area contributed by atoms with Crippen LogP contribution in [0.2, 0.25) is 0 Å². The molecule has 1 aromatic carbocycles. The molecule has 2 unspecified atom stereocenters. The van der Waals surface area contributed by atoms with Gasteiger partial charge in [-0.2, -0.15) is 40.4 Å². The molecule has 0 spiro atoms. The summed E-state index contributed by atoms with van der Waals surface area (Å²) in [5.41, 5.74) is -2.71. The Morgan fingerprint density at radius 1 is 1.52 bits per heavy atom. The van der Waals surface area contributed by atoms with Crippen LogP contribution in [0.5, 0.6) is 0 Å². The zero-order chi connectivity index (χ0) is 18.7. The summed E-state index contributed by atoms with van der Waals surface area (Å²) in [6.45, 7) is 3.63. The first kappa shape index (κ1) is 19.2. The highest BCUT2D eigenvalue weighted by atomic mass is 32.2. The van der Waals surface area contributed by atoms with Gasteiger partial charge in [0.1, 0.15) is 0 Å². The van der Waals surface area contributed by atoms with Crippen molar-refractivity contribution in [3.8, 4) is 6.07 Å². The van der Waals surface area contributed by atoms with Gasteiger partial charge in [-0.05, 0) is 30.9 Å². The molecule has 0 bridgehead atoms. The fourth-order valence-corrected chi connectivity index (χ4v) is 3.15. The topological polar surface area (TPSA) is 77.6 Å². The second-order valence-corrected chi connectivity index (χ2v) is 7.15. The minimum atomic E-state index is -4.68. The van der Waals surface area contributed by atoms with E-state index in [9.17, 15) is 18.0 Å². The van der Waals surface area contributed by atoms with E-state index in [0.29, 0.717) is 6.42 Å². The number of hydrogen-bond donors (Lipinski definition) is 1. The molecule has 1 aromatic rings. The minimum absolute atomic E-state index is 0.0286. The summed E-state index contributed by atoms with van der Waals surface area (Å²) in [4.78, 5) is 12.5. The van der Waals surface area contributed by atoms with Crippen molar-refractivity contribution in [1.82, 2.24) is 0 Å². The lowest BCUT2D eigenvalue weighted by Gasteiger charge is -2.20. The van der Waals surface area contributed by atoms with Crippen molar-refractivity contribution in [3.63, 3.8) is 0 Å². The molecular formula is C16H17F3N4OS. The number of anilines is 1. The molecule has 1 N–H and O–H groups in total. The number of alkyl halides is 3. The normalized spacial score (nSPS) is 22.6. The Bertz CT molecular complexity index is 729. The Labute approximate surface area is 147 Å². The minimum Gasteiger partial charge on any atom is -0.324 e.